The van der Waals surface area contributed by atoms with Crippen LogP contribution in [0.5, 0.6) is 0 Å². The fourth-order valence-corrected chi connectivity index (χ4v) is 3.33. The van der Waals surface area contributed by atoms with Crippen LogP contribution >= 0.6 is 11.6 Å². The number of halogens is 1. The number of benzene rings is 1. The van der Waals surface area contributed by atoms with E-state index >= 15 is 0 Å². The quantitative estimate of drug-likeness (QED) is 0.824. The molecular weight excluding hydrogens is 234 g/mol. The van der Waals surface area contributed by atoms with Crippen molar-refractivity contribution in [2.75, 3.05) is 18.5 Å². The lowest BCUT2D eigenvalue weighted by Crippen LogP contribution is -2.40. The van der Waals surface area contributed by atoms with Gasteiger partial charge >= 0.3 is 0 Å². The summed E-state index contributed by atoms with van der Waals surface area (Å²) in [6.07, 6.45) is 3.71. The van der Waals surface area contributed by atoms with Crippen LogP contribution in [0, 0.1) is 0 Å². The summed E-state index contributed by atoms with van der Waals surface area (Å²) in [4.78, 5) is 0. The molecule has 17 heavy (non-hydrogen) atoms. The van der Waals surface area contributed by atoms with E-state index in [4.69, 9.17) is 16.3 Å². The summed E-state index contributed by atoms with van der Waals surface area (Å²) in [5.74, 6) is 0. The van der Waals surface area contributed by atoms with Crippen molar-refractivity contribution in [2.24, 2.45) is 0 Å². The van der Waals surface area contributed by atoms with Gasteiger partial charge in [0.2, 0.25) is 0 Å². The molecule has 3 rings (SSSR count). The molecule has 0 amide bonds. The van der Waals surface area contributed by atoms with Gasteiger partial charge in [0.1, 0.15) is 0 Å². The van der Waals surface area contributed by atoms with Crippen LogP contribution in [0.3, 0.4) is 0 Å². The Kier molecular flexibility index (Phi) is 2.80. The van der Waals surface area contributed by atoms with Crippen molar-refractivity contribution in [3.8, 4) is 0 Å². The molecule has 2 aliphatic heterocycles. The molecular formula is C14H18ClNO. The van der Waals surface area contributed by atoms with Crippen molar-refractivity contribution in [2.45, 2.75) is 37.7 Å². The average Bonchev–Trinajstić information content (AvgIpc) is 2.68. The second-order valence-electron chi connectivity index (χ2n) is 5.18. The summed E-state index contributed by atoms with van der Waals surface area (Å²) in [7, 11) is 0. The maximum atomic E-state index is 6.14. The highest BCUT2D eigenvalue weighted by Crippen LogP contribution is 2.46. The lowest BCUT2D eigenvalue weighted by molar-refractivity contribution is -0.0179. The van der Waals surface area contributed by atoms with Crippen molar-refractivity contribution < 1.29 is 4.74 Å². The Labute approximate surface area is 107 Å². The average molecular weight is 252 g/mol. The molecule has 2 heterocycles. The second kappa shape index (κ2) is 4.18. The zero-order chi connectivity index (χ0) is 11.9. The third kappa shape index (κ3) is 1.84. The van der Waals surface area contributed by atoms with Crippen LogP contribution in [-0.2, 0) is 10.2 Å². The van der Waals surface area contributed by atoms with E-state index in [-0.39, 0.29) is 5.41 Å². The lowest BCUT2D eigenvalue weighted by Gasteiger charge is -2.38. The second-order valence-corrected chi connectivity index (χ2v) is 5.62. The number of fused-ring (bicyclic) bond motifs is 2. The maximum absolute atomic E-state index is 6.14. The van der Waals surface area contributed by atoms with Gasteiger partial charge in [0, 0.05) is 29.3 Å². The highest BCUT2D eigenvalue weighted by atomic mass is 35.5. The number of nitrogens with one attached hydrogen (secondary N) is 1. The normalized spacial score (nSPS) is 31.3. The molecule has 1 saturated heterocycles. The molecule has 1 spiro atoms. The lowest BCUT2D eigenvalue weighted by atomic mass is 9.73. The molecule has 2 nitrogen and oxygen atoms in total. The van der Waals surface area contributed by atoms with Crippen LogP contribution in [-0.4, -0.2) is 19.3 Å². The summed E-state index contributed by atoms with van der Waals surface area (Å²) in [5.41, 5.74) is 2.90. The molecule has 1 aromatic carbocycles. The Morgan fingerprint density at radius 3 is 3.24 bits per heavy atom. The van der Waals surface area contributed by atoms with Gasteiger partial charge in [-0.05, 0) is 43.0 Å². The topological polar surface area (TPSA) is 21.3 Å². The van der Waals surface area contributed by atoms with Gasteiger partial charge < -0.3 is 10.1 Å². The van der Waals surface area contributed by atoms with Gasteiger partial charge in [0.15, 0.2) is 0 Å². The molecule has 3 heteroatoms. The number of anilines is 1. The van der Waals surface area contributed by atoms with Crippen molar-refractivity contribution >= 4 is 17.3 Å². The fourth-order valence-electron chi connectivity index (χ4n) is 3.15. The van der Waals surface area contributed by atoms with E-state index in [0.29, 0.717) is 6.10 Å². The Morgan fingerprint density at radius 1 is 1.53 bits per heavy atom. The first-order valence-corrected chi connectivity index (χ1v) is 6.77. The number of hydrogen-bond acceptors (Lipinski definition) is 2. The zero-order valence-corrected chi connectivity index (χ0v) is 10.9. The molecule has 92 valence electrons. The third-order valence-electron chi connectivity index (χ3n) is 4.18. The van der Waals surface area contributed by atoms with E-state index in [1.807, 2.05) is 6.07 Å². The molecule has 2 aliphatic rings. The molecule has 0 bridgehead atoms. The SMILES string of the molecule is CCC1CC2(CCO1)CNc1ccc(Cl)cc12. The third-order valence-corrected chi connectivity index (χ3v) is 4.41. The smallest absolute Gasteiger partial charge is 0.0581 e. The van der Waals surface area contributed by atoms with Crippen molar-refractivity contribution in [1.82, 2.24) is 0 Å². The van der Waals surface area contributed by atoms with Crippen LogP contribution in [0.25, 0.3) is 0 Å². The van der Waals surface area contributed by atoms with E-state index < -0.39 is 0 Å². The monoisotopic (exact) mass is 251 g/mol. The van der Waals surface area contributed by atoms with Gasteiger partial charge in [-0.15, -0.1) is 0 Å². The minimum Gasteiger partial charge on any atom is -0.384 e. The first-order chi connectivity index (χ1) is 8.23. The van der Waals surface area contributed by atoms with Crippen LogP contribution < -0.4 is 5.32 Å². The first-order valence-electron chi connectivity index (χ1n) is 6.39. The number of ether oxygens (including phenoxy) is 1. The van der Waals surface area contributed by atoms with Crippen LogP contribution in [0.15, 0.2) is 18.2 Å². The molecule has 0 radical (unpaired) electrons. The molecule has 0 aliphatic carbocycles. The predicted octanol–water partition coefficient (Wildman–Crippen LogP) is 3.59. The van der Waals surface area contributed by atoms with Gasteiger partial charge in [0.25, 0.3) is 0 Å². The molecule has 2 atom stereocenters. The summed E-state index contributed by atoms with van der Waals surface area (Å²) in [6, 6.07) is 6.20. The minimum atomic E-state index is 0.249. The molecule has 0 aromatic heterocycles. The Bertz CT molecular complexity index is 430. The summed E-state index contributed by atoms with van der Waals surface area (Å²) in [6.45, 7) is 4.10. The van der Waals surface area contributed by atoms with Crippen LogP contribution in [0.2, 0.25) is 5.02 Å². The molecule has 1 aromatic rings. The standard InChI is InChI=1S/C14H18ClNO/c1-2-11-8-14(5-6-17-11)9-16-13-4-3-10(15)7-12(13)14/h3-4,7,11,16H,2,5-6,8-9H2,1H3. The predicted molar refractivity (Wildman–Crippen MR) is 70.9 cm³/mol. The summed E-state index contributed by atoms with van der Waals surface area (Å²) in [5, 5.41) is 4.36. The Morgan fingerprint density at radius 2 is 2.41 bits per heavy atom. The molecule has 1 N–H and O–H groups in total. The Balaban J connectivity index is 1.98. The largest absolute Gasteiger partial charge is 0.384 e. The summed E-state index contributed by atoms with van der Waals surface area (Å²) < 4.78 is 5.80. The fraction of sp³-hybridized carbons (Fsp3) is 0.571. The number of rotatable bonds is 1. The first kappa shape index (κ1) is 11.4. The highest BCUT2D eigenvalue weighted by molar-refractivity contribution is 6.30. The zero-order valence-electron chi connectivity index (χ0n) is 10.1. The van der Waals surface area contributed by atoms with Crippen molar-refractivity contribution in [1.29, 1.82) is 0 Å². The molecule has 0 saturated carbocycles. The minimum absolute atomic E-state index is 0.249. The van der Waals surface area contributed by atoms with Gasteiger partial charge in [-0.3, -0.25) is 0 Å². The summed E-state index contributed by atoms with van der Waals surface area (Å²) >= 11 is 6.14. The molecule has 2 unspecified atom stereocenters. The van der Waals surface area contributed by atoms with Crippen molar-refractivity contribution in [3.05, 3.63) is 28.8 Å². The van der Waals surface area contributed by atoms with Crippen LogP contribution in [0.1, 0.15) is 31.7 Å². The van der Waals surface area contributed by atoms with E-state index in [9.17, 15) is 0 Å². The number of hydrogen-bond donors (Lipinski definition) is 1. The van der Waals surface area contributed by atoms with Gasteiger partial charge in [0.05, 0.1) is 6.10 Å². The van der Waals surface area contributed by atoms with E-state index in [1.165, 1.54) is 11.3 Å². The molecule has 1 fully saturated rings. The highest BCUT2D eigenvalue weighted by Gasteiger charge is 2.42. The van der Waals surface area contributed by atoms with Gasteiger partial charge in [-0.25, -0.2) is 0 Å². The Hall–Kier alpha value is -0.730. The van der Waals surface area contributed by atoms with Crippen molar-refractivity contribution in [3.63, 3.8) is 0 Å². The van der Waals surface area contributed by atoms with E-state index in [2.05, 4.69) is 24.4 Å². The van der Waals surface area contributed by atoms with Gasteiger partial charge in [-0.1, -0.05) is 18.5 Å². The van der Waals surface area contributed by atoms with Crippen LogP contribution in [0.4, 0.5) is 5.69 Å². The van der Waals surface area contributed by atoms with E-state index in [0.717, 1.165) is 37.4 Å². The van der Waals surface area contributed by atoms with Gasteiger partial charge in [-0.2, -0.15) is 0 Å². The maximum Gasteiger partial charge on any atom is 0.0581 e. The van der Waals surface area contributed by atoms with E-state index in [1.54, 1.807) is 0 Å².